The number of carbonyl (C=O) groups excluding carboxylic acids is 1. The summed E-state index contributed by atoms with van der Waals surface area (Å²) >= 11 is 0. The van der Waals surface area contributed by atoms with Gasteiger partial charge in [-0.25, -0.2) is 4.68 Å². The number of anilines is 1. The van der Waals surface area contributed by atoms with Crippen molar-refractivity contribution in [1.29, 1.82) is 0 Å². The van der Waals surface area contributed by atoms with Gasteiger partial charge >= 0.3 is 0 Å². The predicted molar refractivity (Wildman–Crippen MR) is 110 cm³/mol. The van der Waals surface area contributed by atoms with E-state index >= 15 is 0 Å². The Morgan fingerprint density at radius 1 is 1.00 bits per heavy atom. The van der Waals surface area contributed by atoms with E-state index in [9.17, 15) is 14.4 Å². The van der Waals surface area contributed by atoms with Crippen LogP contribution in [-0.2, 0) is 17.9 Å². The second-order valence-corrected chi connectivity index (χ2v) is 6.64. The van der Waals surface area contributed by atoms with Gasteiger partial charge in [0.25, 0.3) is 11.1 Å². The first-order valence-corrected chi connectivity index (χ1v) is 9.18. The van der Waals surface area contributed by atoms with Crippen LogP contribution in [0.5, 0.6) is 0 Å². The lowest BCUT2D eigenvalue weighted by atomic mass is 10.2. The van der Waals surface area contributed by atoms with Crippen molar-refractivity contribution >= 4 is 22.4 Å². The zero-order chi connectivity index (χ0) is 20.2. The second-order valence-electron chi connectivity index (χ2n) is 6.64. The van der Waals surface area contributed by atoms with Gasteiger partial charge in [-0.15, -0.1) is 0 Å². The number of nitrogens with zero attached hydrogens (tertiary/aromatic N) is 3. The Hall–Kier alpha value is -3.94. The van der Waals surface area contributed by atoms with Crippen LogP contribution in [-0.4, -0.2) is 25.5 Å². The monoisotopic (exact) mass is 389 g/mol. The van der Waals surface area contributed by atoms with Gasteiger partial charge in [-0.2, -0.15) is 5.10 Å². The molecule has 4 rings (SSSR count). The number of nitrogens with one attached hydrogen (secondary N) is 2. The van der Waals surface area contributed by atoms with Crippen LogP contribution in [0, 0.1) is 0 Å². The SMILES string of the molecule is O=C(CCn1[nH]c(=O)c2ccccc2c1=O)Nc1ccc(Cn2cccn2)cc1. The van der Waals surface area contributed by atoms with Crippen molar-refractivity contribution in [3.63, 3.8) is 0 Å². The van der Waals surface area contributed by atoms with Crippen LogP contribution < -0.4 is 16.4 Å². The van der Waals surface area contributed by atoms with Crippen LogP contribution in [0.1, 0.15) is 12.0 Å². The summed E-state index contributed by atoms with van der Waals surface area (Å²) in [5.41, 5.74) is 1.05. The van der Waals surface area contributed by atoms with Crippen molar-refractivity contribution in [2.24, 2.45) is 0 Å². The van der Waals surface area contributed by atoms with Gasteiger partial charge in [0.2, 0.25) is 5.91 Å². The fourth-order valence-electron chi connectivity index (χ4n) is 3.12. The highest BCUT2D eigenvalue weighted by Crippen LogP contribution is 2.11. The highest BCUT2D eigenvalue weighted by Gasteiger charge is 2.09. The Bertz CT molecular complexity index is 1250. The van der Waals surface area contributed by atoms with Crippen LogP contribution >= 0.6 is 0 Å². The molecular weight excluding hydrogens is 370 g/mol. The largest absolute Gasteiger partial charge is 0.326 e. The Morgan fingerprint density at radius 2 is 1.76 bits per heavy atom. The molecule has 2 aromatic heterocycles. The van der Waals surface area contributed by atoms with E-state index in [2.05, 4.69) is 15.5 Å². The molecule has 0 atom stereocenters. The molecule has 0 aliphatic heterocycles. The van der Waals surface area contributed by atoms with Crippen LogP contribution in [0.2, 0.25) is 0 Å². The number of benzene rings is 2. The molecule has 0 saturated carbocycles. The van der Waals surface area contributed by atoms with Crippen molar-refractivity contribution in [2.45, 2.75) is 19.5 Å². The van der Waals surface area contributed by atoms with Gasteiger partial charge in [-0.05, 0) is 35.9 Å². The lowest BCUT2D eigenvalue weighted by molar-refractivity contribution is -0.116. The fourth-order valence-corrected chi connectivity index (χ4v) is 3.12. The number of H-pyrrole nitrogens is 1. The van der Waals surface area contributed by atoms with E-state index in [1.165, 1.54) is 4.68 Å². The molecule has 0 radical (unpaired) electrons. The maximum absolute atomic E-state index is 12.5. The Labute approximate surface area is 165 Å². The van der Waals surface area contributed by atoms with Crippen molar-refractivity contribution in [3.8, 4) is 0 Å². The summed E-state index contributed by atoms with van der Waals surface area (Å²) in [5, 5.41) is 10.2. The van der Waals surface area contributed by atoms with Gasteiger partial charge in [-0.1, -0.05) is 24.3 Å². The number of aromatic nitrogens is 4. The van der Waals surface area contributed by atoms with E-state index in [4.69, 9.17) is 0 Å². The maximum Gasteiger partial charge on any atom is 0.273 e. The van der Waals surface area contributed by atoms with Gasteiger partial charge in [0.15, 0.2) is 0 Å². The van der Waals surface area contributed by atoms with Gasteiger partial charge in [0.1, 0.15) is 0 Å². The zero-order valence-electron chi connectivity index (χ0n) is 15.5. The molecule has 0 unspecified atom stereocenters. The lowest BCUT2D eigenvalue weighted by Gasteiger charge is -2.09. The number of aromatic amines is 1. The maximum atomic E-state index is 12.5. The molecule has 8 nitrogen and oxygen atoms in total. The molecule has 2 aromatic carbocycles. The first kappa shape index (κ1) is 18.4. The van der Waals surface area contributed by atoms with E-state index in [0.29, 0.717) is 23.0 Å². The van der Waals surface area contributed by atoms with E-state index in [-0.39, 0.29) is 30.0 Å². The summed E-state index contributed by atoms with van der Waals surface area (Å²) in [6, 6.07) is 16.0. The summed E-state index contributed by atoms with van der Waals surface area (Å²) < 4.78 is 2.99. The van der Waals surface area contributed by atoms with Gasteiger partial charge in [-0.3, -0.25) is 24.2 Å². The smallest absolute Gasteiger partial charge is 0.273 e. The molecule has 29 heavy (non-hydrogen) atoms. The van der Waals surface area contributed by atoms with Crippen molar-refractivity contribution in [3.05, 3.63) is 93.3 Å². The number of fused-ring (bicyclic) bond motifs is 1. The third kappa shape index (κ3) is 4.16. The third-order valence-electron chi connectivity index (χ3n) is 4.59. The number of amides is 1. The van der Waals surface area contributed by atoms with Gasteiger partial charge < -0.3 is 5.32 Å². The molecule has 4 aromatic rings. The number of rotatable bonds is 6. The normalized spacial score (nSPS) is 10.9. The Balaban J connectivity index is 1.39. The molecule has 0 aliphatic carbocycles. The van der Waals surface area contributed by atoms with Crippen LogP contribution in [0.25, 0.3) is 10.8 Å². The van der Waals surface area contributed by atoms with Crippen LogP contribution in [0.3, 0.4) is 0 Å². The van der Waals surface area contributed by atoms with Crippen LogP contribution in [0.15, 0.2) is 76.6 Å². The molecule has 2 heterocycles. The lowest BCUT2D eigenvalue weighted by Crippen LogP contribution is -2.31. The molecule has 0 fully saturated rings. The second kappa shape index (κ2) is 7.97. The molecule has 8 heteroatoms. The van der Waals surface area contributed by atoms with Crippen molar-refractivity contribution in [1.82, 2.24) is 19.6 Å². The van der Waals surface area contributed by atoms with Crippen molar-refractivity contribution in [2.75, 3.05) is 5.32 Å². The Kier molecular flexibility index (Phi) is 5.07. The highest BCUT2D eigenvalue weighted by atomic mass is 16.2. The minimum atomic E-state index is -0.353. The quantitative estimate of drug-likeness (QED) is 0.526. The molecule has 0 spiro atoms. The van der Waals surface area contributed by atoms with E-state index < -0.39 is 0 Å². The topological polar surface area (TPSA) is 102 Å². The van der Waals surface area contributed by atoms with Crippen LogP contribution in [0.4, 0.5) is 5.69 Å². The molecule has 0 bridgehead atoms. The molecule has 1 amide bonds. The minimum absolute atomic E-state index is 0.0588. The standard InChI is InChI=1S/C21H19N5O3/c27-19(23-16-8-6-15(7-9-16)14-25-12-3-11-22-25)10-13-26-21(29)18-5-2-1-4-17(18)20(28)24-26/h1-9,11-12H,10,13-14H2,(H,23,27)(H,24,28). The Morgan fingerprint density at radius 3 is 2.48 bits per heavy atom. The van der Waals surface area contributed by atoms with E-state index in [0.717, 1.165) is 5.56 Å². The third-order valence-corrected chi connectivity index (χ3v) is 4.59. The summed E-state index contributed by atoms with van der Waals surface area (Å²) in [7, 11) is 0. The minimum Gasteiger partial charge on any atom is -0.326 e. The summed E-state index contributed by atoms with van der Waals surface area (Å²) in [6.07, 6.45) is 3.67. The average Bonchev–Trinajstić information content (AvgIpc) is 3.24. The van der Waals surface area contributed by atoms with Gasteiger partial charge in [0, 0.05) is 24.5 Å². The first-order chi connectivity index (χ1) is 14.1. The average molecular weight is 389 g/mol. The zero-order valence-corrected chi connectivity index (χ0v) is 15.5. The van der Waals surface area contributed by atoms with E-state index in [1.54, 1.807) is 30.5 Å². The summed E-state index contributed by atoms with van der Waals surface area (Å²) in [5.74, 6) is -0.245. The highest BCUT2D eigenvalue weighted by molar-refractivity contribution is 5.90. The van der Waals surface area contributed by atoms with Gasteiger partial charge in [0.05, 0.1) is 23.9 Å². The molecule has 146 valence electrons. The molecule has 2 N–H and O–H groups in total. The number of carbonyl (C=O) groups is 1. The van der Waals surface area contributed by atoms with E-state index in [1.807, 2.05) is 41.2 Å². The molecular formula is C21H19N5O3. The predicted octanol–water partition coefficient (Wildman–Crippen LogP) is 1.96. The van der Waals surface area contributed by atoms with Crippen molar-refractivity contribution < 1.29 is 4.79 Å². The number of hydrogen-bond acceptors (Lipinski definition) is 4. The molecule has 0 aliphatic rings. The molecule has 0 saturated heterocycles. The fraction of sp³-hybridized carbons (Fsp3) is 0.143. The summed E-state index contributed by atoms with van der Waals surface area (Å²) in [6.45, 7) is 0.738. The first-order valence-electron chi connectivity index (χ1n) is 9.18. The summed E-state index contributed by atoms with van der Waals surface area (Å²) in [4.78, 5) is 36.8. The number of hydrogen-bond donors (Lipinski definition) is 2. The number of aryl methyl sites for hydroxylation is 1.